The molecule has 82 valence electrons. The Morgan fingerprint density at radius 2 is 1.69 bits per heavy atom. The summed E-state index contributed by atoms with van der Waals surface area (Å²) < 4.78 is 5.82. The Kier molecular flexibility index (Phi) is 3.20. The van der Waals surface area contributed by atoms with Gasteiger partial charge in [-0.15, -0.1) is 12.6 Å². The summed E-state index contributed by atoms with van der Waals surface area (Å²) in [7, 11) is 0. The van der Waals surface area contributed by atoms with Crippen LogP contribution in [0, 0.1) is 13.8 Å². The highest BCUT2D eigenvalue weighted by Crippen LogP contribution is 2.29. The van der Waals surface area contributed by atoms with Gasteiger partial charge in [0.15, 0.2) is 0 Å². The molecule has 16 heavy (non-hydrogen) atoms. The van der Waals surface area contributed by atoms with Gasteiger partial charge in [0, 0.05) is 4.90 Å². The minimum atomic E-state index is 0.790. The summed E-state index contributed by atoms with van der Waals surface area (Å²) >= 11 is 4.36. The van der Waals surface area contributed by atoms with Crippen molar-refractivity contribution >= 4 is 12.6 Å². The van der Waals surface area contributed by atoms with E-state index in [0.717, 1.165) is 22.0 Å². The van der Waals surface area contributed by atoms with Gasteiger partial charge in [0.2, 0.25) is 0 Å². The maximum absolute atomic E-state index is 5.82. The lowest BCUT2D eigenvalue weighted by Crippen LogP contribution is -1.89. The van der Waals surface area contributed by atoms with Crippen LogP contribution in [-0.4, -0.2) is 0 Å². The smallest absolute Gasteiger partial charge is 0.140 e. The van der Waals surface area contributed by atoms with Crippen molar-refractivity contribution in [3.8, 4) is 11.5 Å². The largest absolute Gasteiger partial charge is 0.456 e. The van der Waals surface area contributed by atoms with Crippen LogP contribution in [-0.2, 0) is 0 Å². The Balaban J connectivity index is 2.31. The topological polar surface area (TPSA) is 9.23 Å². The molecule has 2 rings (SSSR count). The van der Waals surface area contributed by atoms with Crippen LogP contribution in [0.3, 0.4) is 0 Å². The monoisotopic (exact) mass is 230 g/mol. The Morgan fingerprint density at radius 1 is 0.938 bits per heavy atom. The number of para-hydroxylation sites is 1. The van der Waals surface area contributed by atoms with Crippen molar-refractivity contribution in [3.05, 3.63) is 53.6 Å². The van der Waals surface area contributed by atoms with Gasteiger partial charge in [0.1, 0.15) is 11.5 Å². The highest BCUT2D eigenvalue weighted by molar-refractivity contribution is 7.80. The summed E-state index contributed by atoms with van der Waals surface area (Å²) in [6.07, 6.45) is 0. The first kappa shape index (κ1) is 11.1. The number of benzene rings is 2. The molecular weight excluding hydrogens is 216 g/mol. The van der Waals surface area contributed by atoms with E-state index in [1.165, 1.54) is 5.56 Å². The van der Waals surface area contributed by atoms with E-state index in [0.29, 0.717) is 0 Å². The molecule has 0 aliphatic carbocycles. The third-order valence-electron chi connectivity index (χ3n) is 2.42. The van der Waals surface area contributed by atoms with Crippen LogP contribution >= 0.6 is 12.6 Å². The molecule has 0 spiro atoms. The number of hydrogen-bond donors (Lipinski definition) is 1. The van der Waals surface area contributed by atoms with Gasteiger partial charge in [-0.25, -0.2) is 0 Å². The SMILES string of the molecule is Cc1ccc(Oc2ccccc2S)c(C)c1. The zero-order chi connectivity index (χ0) is 11.5. The van der Waals surface area contributed by atoms with Crippen molar-refractivity contribution in [2.75, 3.05) is 0 Å². The molecule has 2 aromatic rings. The van der Waals surface area contributed by atoms with Crippen molar-refractivity contribution in [3.63, 3.8) is 0 Å². The molecule has 0 heterocycles. The average molecular weight is 230 g/mol. The normalized spacial score (nSPS) is 10.2. The van der Waals surface area contributed by atoms with Crippen LogP contribution in [0.5, 0.6) is 11.5 Å². The predicted octanol–water partition coefficient (Wildman–Crippen LogP) is 4.38. The molecule has 0 atom stereocenters. The van der Waals surface area contributed by atoms with Crippen LogP contribution in [0.25, 0.3) is 0 Å². The summed E-state index contributed by atoms with van der Waals surface area (Å²) in [6, 6.07) is 13.9. The predicted molar refractivity (Wildman–Crippen MR) is 69.7 cm³/mol. The molecule has 1 nitrogen and oxygen atoms in total. The van der Waals surface area contributed by atoms with Crippen molar-refractivity contribution in [2.24, 2.45) is 0 Å². The summed E-state index contributed by atoms with van der Waals surface area (Å²) in [4.78, 5) is 0.850. The first-order chi connectivity index (χ1) is 7.66. The third-order valence-corrected chi connectivity index (χ3v) is 2.79. The fraction of sp³-hybridized carbons (Fsp3) is 0.143. The highest BCUT2D eigenvalue weighted by Gasteiger charge is 2.03. The first-order valence-corrected chi connectivity index (χ1v) is 5.64. The van der Waals surface area contributed by atoms with Crippen molar-refractivity contribution < 1.29 is 4.74 Å². The van der Waals surface area contributed by atoms with Crippen LogP contribution in [0.15, 0.2) is 47.4 Å². The zero-order valence-corrected chi connectivity index (χ0v) is 10.3. The molecule has 0 radical (unpaired) electrons. The second-order valence-electron chi connectivity index (χ2n) is 3.84. The van der Waals surface area contributed by atoms with E-state index in [4.69, 9.17) is 4.74 Å². The molecule has 0 bridgehead atoms. The third kappa shape index (κ3) is 2.39. The van der Waals surface area contributed by atoms with Gasteiger partial charge in [0.25, 0.3) is 0 Å². The average Bonchev–Trinajstić information content (AvgIpc) is 2.25. The van der Waals surface area contributed by atoms with Gasteiger partial charge in [0.05, 0.1) is 0 Å². The molecular formula is C14H14OS. The summed E-state index contributed by atoms with van der Waals surface area (Å²) in [5.41, 5.74) is 2.38. The van der Waals surface area contributed by atoms with Crippen molar-refractivity contribution in [1.82, 2.24) is 0 Å². The van der Waals surface area contributed by atoms with Gasteiger partial charge in [-0.05, 0) is 37.6 Å². The van der Waals surface area contributed by atoms with Crippen LogP contribution < -0.4 is 4.74 Å². The van der Waals surface area contributed by atoms with Crippen LogP contribution in [0.4, 0.5) is 0 Å². The Bertz CT molecular complexity index is 506. The molecule has 0 fully saturated rings. The molecule has 0 aliphatic heterocycles. The van der Waals surface area contributed by atoms with Crippen LogP contribution in [0.1, 0.15) is 11.1 Å². The Hall–Kier alpha value is -1.41. The summed E-state index contributed by atoms with van der Waals surface area (Å²) in [6.45, 7) is 4.12. The van der Waals surface area contributed by atoms with Gasteiger partial charge in [-0.2, -0.15) is 0 Å². The molecule has 0 amide bonds. The standard InChI is InChI=1S/C14H14OS/c1-10-7-8-12(11(2)9-10)15-13-5-3-4-6-14(13)16/h3-9,16H,1-2H3. The second-order valence-corrected chi connectivity index (χ2v) is 4.32. The van der Waals surface area contributed by atoms with E-state index in [1.54, 1.807) is 0 Å². The molecule has 0 aromatic heterocycles. The minimum absolute atomic E-state index is 0.790. The second kappa shape index (κ2) is 4.62. The quantitative estimate of drug-likeness (QED) is 0.753. The number of rotatable bonds is 2. The number of ether oxygens (including phenoxy) is 1. The Morgan fingerprint density at radius 3 is 2.38 bits per heavy atom. The fourth-order valence-electron chi connectivity index (χ4n) is 1.58. The Labute approximate surface area is 101 Å². The fourth-order valence-corrected chi connectivity index (χ4v) is 1.78. The lowest BCUT2D eigenvalue weighted by Gasteiger charge is -2.10. The van der Waals surface area contributed by atoms with Crippen molar-refractivity contribution in [1.29, 1.82) is 0 Å². The van der Waals surface area contributed by atoms with Crippen molar-refractivity contribution in [2.45, 2.75) is 18.7 Å². The minimum Gasteiger partial charge on any atom is -0.456 e. The van der Waals surface area contributed by atoms with E-state index in [1.807, 2.05) is 43.3 Å². The molecule has 2 aromatic carbocycles. The van der Waals surface area contributed by atoms with Gasteiger partial charge >= 0.3 is 0 Å². The zero-order valence-electron chi connectivity index (χ0n) is 9.40. The molecule has 2 heteroatoms. The molecule has 0 unspecified atom stereocenters. The molecule has 0 aliphatic rings. The number of thiol groups is 1. The van der Waals surface area contributed by atoms with E-state index >= 15 is 0 Å². The van der Waals surface area contributed by atoms with Gasteiger partial charge < -0.3 is 4.74 Å². The number of aryl methyl sites for hydroxylation is 2. The summed E-state index contributed by atoms with van der Waals surface area (Å²) in [5.74, 6) is 1.67. The van der Waals surface area contributed by atoms with Gasteiger partial charge in [-0.3, -0.25) is 0 Å². The highest BCUT2D eigenvalue weighted by atomic mass is 32.1. The lowest BCUT2D eigenvalue weighted by atomic mass is 10.1. The first-order valence-electron chi connectivity index (χ1n) is 5.20. The van der Waals surface area contributed by atoms with E-state index in [2.05, 4.69) is 25.6 Å². The van der Waals surface area contributed by atoms with E-state index < -0.39 is 0 Å². The van der Waals surface area contributed by atoms with E-state index in [-0.39, 0.29) is 0 Å². The summed E-state index contributed by atoms with van der Waals surface area (Å²) in [5, 5.41) is 0. The van der Waals surface area contributed by atoms with Crippen LogP contribution in [0.2, 0.25) is 0 Å². The lowest BCUT2D eigenvalue weighted by molar-refractivity contribution is 0.467. The number of hydrogen-bond acceptors (Lipinski definition) is 2. The molecule has 0 N–H and O–H groups in total. The maximum Gasteiger partial charge on any atom is 0.140 e. The van der Waals surface area contributed by atoms with E-state index in [9.17, 15) is 0 Å². The molecule has 0 saturated heterocycles. The van der Waals surface area contributed by atoms with Gasteiger partial charge in [-0.1, -0.05) is 29.8 Å². The maximum atomic E-state index is 5.82. The molecule has 0 saturated carbocycles.